The summed E-state index contributed by atoms with van der Waals surface area (Å²) in [6, 6.07) is 6.99. The molecule has 0 aliphatic rings. The highest BCUT2D eigenvalue weighted by Gasteiger charge is 2.23. The van der Waals surface area contributed by atoms with Crippen LogP contribution in [0, 0.1) is 13.8 Å². The number of aromatic carboxylic acids is 1. The first kappa shape index (κ1) is 12.4. The Labute approximate surface area is 104 Å². The summed E-state index contributed by atoms with van der Waals surface area (Å²) in [6.07, 6.45) is 0.207. The molecule has 18 heavy (non-hydrogen) atoms. The molecule has 1 unspecified atom stereocenters. The average molecular weight is 246 g/mol. The Morgan fingerprint density at radius 3 is 2.67 bits per heavy atom. The van der Waals surface area contributed by atoms with Crippen LogP contribution in [0.25, 0.3) is 0 Å². The third-order valence-electron chi connectivity index (χ3n) is 2.90. The number of hydrogen-bond acceptors (Lipinski definition) is 3. The zero-order valence-electron chi connectivity index (χ0n) is 10.2. The number of aryl methyl sites for hydroxylation is 2. The standard InChI is InChI=1S/C14H14O4/c1-8-3-4-9(2)11(7-8)12(15)13-10(14(16)17)5-6-18-13/h3-7,12,15H,1-2H3,(H,16,17). The van der Waals surface area contributed by atoms with Gasteiger partial charge in [0.25, 0.3) is 0 Å². The number of carboxylic acids is 1. The van der Waals surface area contributed by atoms with Gasteiger partial charge in [0, 0.05) is 0 Å². The number of benzene rings is 1. The number of aliphatic hydroxyl groups is 1. The van der Waals surface area contributed by atoms with Crippen LogP contribution in [-0.4, -0.2) is 16.2 Å². The predicted molar refractivity (Wildman–Crippen MR) is 65.6 cm³/mol. The lowest BCUT2D eigenvalue weighted by Gasteiger charge is -2.13. The molecule has 0 spiro atoms. The zero-order chi connectivity index (χ0) is 13.3. The van der Waals surface area contributed by atoms with E-state index in [1.807, 2.05) is 32.0 Å². The molecule has 0 bridgehead atoms. The Morgan fingerprint density at radius 2 is 2.00 bits per heavy atom. The van der Waals surface area contributed by atoms with Gasteiger partial charge in [-0.05, 0) is 31.0 Å². The van der Waals surface area contributed by atoms with Crippen LogP contribution in [0.3, 0.4) is 0 Å². The van der Waals surface area contributed by atoms with E-state index in [9.17, 15) is 9.90 Å². The van der Waals surface area contributed by atoms with Gasteiger partial charge in [0.2, 0.25) is 0 Å². The molecule has 1 aromatic carbocycles. The van der Waals surface area contributed by atoms with Gasteiger partial charge in [-0.25, -0.2) is 4.79 Å². The van der Waals surface area contributed by atoms with E-state index in [0.717, 1.165) is 11.1 Å². The molecule has 4 heteroatoms. The first-order valence-corrected chi connectivity index (χ1v) is 5.56. The molecule has 0 amide bonds. The second-order valence-corrected chi connectivity index (χ2v) is 4.27. The maximum atomic E-state index is 11.0. The van der Waals surface area contributed by atoms with Crippen molar-refractivity contribution in [1.29, 1.82) is 0 Å². The van der Waals surface area contributed by atoms with Gasteiger partial charge in [0.05, 0.1) is 6.26 Å². The fourth-order valence-electron chi connectivity index (χ4n) is 1.91. The second-order valence-electron chi connectivity index (χ2n) is 4.27. The molecule has 2 rings (SSSR count). The lowest BCUT2D eigenvalue weighted by atomic mass is 9.98. The number of hydrogen-bond donors (Lipinski definition) is 2. The molecule has 94 valence electrons. The quantitative estimate of drug-likeness (QED) is 0.873. The molecule has 0 saturated heterocycles. The monoisotopic (exact) mass is 246 g/mol. The first-order valence-electron chi connectivity index (χ1n) is 5.56. The van der Waals surface area contributed by atoms with E-state index in [0.29, 0.717) is 5.56 Å². The number of carbonyl (C=O) groups is 1. The van der Waals surface area contributed by atoms with Gasteiger partial charge in [-0.3, -0.25) is 0 Å². The van der Waals surface area contributed by atoms with Gasteiger partial charge in [-0.15, -0.1) is 0 Å². The maximum absolute atomic E-state index is 11.0. The van der Waals surface area contributed by atoms with Gasteiger partial charge in [-0.2, -0.15) is 0 Å². The fourth-order valence-corrected chi connectivity index (χ4v) is 1.91. The number of carboxylic acid groups (broad SMARTS) is 1. The molecular weight excluding hydrogens is 232 g/mol. The summed E-state index contributed by atoms with van der Waals surface area (Å²) in [5.41, 5.74) is 2.54. The van der Waals surface area contributed by atoms with Crippen LogP contribution in [0.1, 0.15) is 38.9 Å². The smallest absolute Gasteiger partial charge is 0.339 e. The average Bonchev–Trinajstić information content (AvgIpc) is 2.80. The number of rotatable bonds is 3. The Morgan fingerprint density at radius 1 is 1.28 bits per heavy atom. The molecule has 0 saturated carbocycles. The third kappa shape index (κ3) is 2.15. The minimum atomic E-state index is -1.11. The fraction of sp³-hybridized carbons (Fsp3) is 0.214. The SMILES string of the molecule is Cc1ccc(C)c(C(O)c2occc2C(=O)O)c1. The summed E-state index contributed by atoms with van der Waals surface area (Å²) in [7, 11) is 0. The van der Waals surface area contributed by atoms with Crippen molar-refractivity contribution in [2.75, 3.05) is 0 Å². The summed E-state index contributed by atoms with van der Waals surface area (Å²) >= 11 is 0. The molecule has 0 aliphatic carbocycles. The van der Waals surface area contributed by atoms with Crippen molar-refractivity contribution in [2.45, 2.75) is 20.0 Å². The Bertz CT molecular complexity index is 583. The van der Waals surface area contributed by atoms with Crippen LogP contribution >= 0.6 is 0 Å². The molecule has 2 aromatic rings. The van der Waals surface area contributed by atoms with E-state index >= 15 is 0 Å². The number of aliphatic hydroxyl groups excluding tert-OH is 1. The molecule has 2 N–H and O–H groups in total. The molecule has 1 atom stereocenters. The van der Waals surface area contributed by atoms with Crippen molar-refractivity contribution in [3.63, 3.8) is 0 Å². The minimum absolute atomic E-state index is 0.0107. The van der Waals surface area contributed by atoms with E-state index in [-0.39, 0.29) is 11.3 Å². The Hall–Kier alpha value is -2.07. The van der Waals surface area contributed by atoms with Crippen LogP contribution < -0.4 is 0 Å². The minimum Gasteiger partial charge on any atom is -0.478 e. The highest BCUT2D eigenvalue weighted by molar-refractivity contribution is 5.88. The van der Waals surface area contributed by atoms with Crippen molar-refractivity contribution in [3.05, 3.63) is 58.5 Å². The van der Waals surface area contributed by atoms with Crippen LogP contribution in [0.2, 0.25) is 0 Å². The Kier molecular flexibility index (Phi) is 3.21. The summed E-state index contributed by atoms with van der Waals surface area (Å²) in [6.45, 7) is 3.78. The maximum Gasteiger partial charge on any atom is 0.339 e. The van der Waals surface area contributed by atoms with Gasteiger partial charge in [0.1, 0.15) is 11.7 Å². The Balaban J connectivity index is 2.47. The topological polar surface area (TPSA) is 70.7 Å². The molecular formula is C14H14O4. The van der Waals surface area contributed by atoms with Crippen molar-refractivity contribution < 1.29 is 19.4 Å². The number of furan rings is 1. The largest absolute Gasteiger partial charge is 0.478 e. The van der Waals surface area contributed by atoms with Crippen molar-refractivity contribution in [3.8, 4) is 0 Å². The van der Waals surface area contributed by atoms with Gasteiger partial charge in [-0.1, -0.05) is 23.8 Å². The molecule has 4 nitrogen and oxygen atoms in total. The lowest BCUT2D eigenvalue weighted by molar-refractivity contribution is 0.0687. The van der Waals surface area contributed by atoms with E-state index in [4.69, 9.17) is 9.52 Å². The molecule has 1 aromatic heterocycles. The molecule has 0 fully saturated rings. The van der Waals surface area contributed by atoms with Crippen LogP contribution in [0.15, 0.2) is 34.9 Å². The van der Waals surface area contributed by atoms with Gasteiger partial charge >= 0.3 is 5.97 Å². The van der Waals surface area contributed by atoms with E-state index in [1.54, 1.807) is 0 Å². The van der Waals surface area contributed by atoms with Crippen molar-refractivity contribution in [2.24, 2.45) is 0 Å². The normalized spacial score (nSPS) is 12.4. The lowest BCUT2D eigenvalue weighted by Crippen LogP contribution is -2.07. The van der Waals surface area contributed by atoms with E-state index < -0.39 is 12.1 Å². The van der Waals surface area contributed by atoms with Gasteiger partial charge < -0.3 is 14.6 Å². The van der Waals surface area contributed by atoms with Crippen LogP contribution in [0.4, 0.5) is 0 Å². The van der Waals surface area contributed by atoms with Crippen molar-refractivity contribution in [1.82, 2.24) is 0 Å². The molecule has 0 aliphatic heterocycles. The summed E-state index contributed by atoms with van der Waals surface area (Å²) < 4.78 is 5.11. The molecule has 0 radical (unpaired) electrons. The second kappa shape index (κ2) is 4.66. The van der Waals surface area contributed by atoms with Crippen LogP contribution in [-0.2, 0) is 0 Å². The third-order valence-corrected chi connectivity index (χ3v) is 2.90. The van der Waals surface area contributed by atoms with E-state index in [1.165, 1.54) is 12.3 Å². The van der Waals surface area contributed by atoms with Crippen molar-refractivity contribution >= 4 is 5.97 Å². The summed E-state index contributed by atoms with van der Waals surface area (Å²) in [4.78, 5) is 11.0. The summed E-state index contributed by atoms with van der Waals surface area (Å²) in [5, 5.41) is 19.3. The summed E-state index contributed by atoms with van der Waals surface area (Å²) in [5.74, 6) is -1.04. The van der Waals surface area contributed by atoms with Crippen LogP contribution in [0.5, 0.6) is 0 Å². The van der Waals surface area contributed by atoms with E-state index in [2.05, 4.69) is 0 Å². The van der Waals surface area contributed by atoms with Gasteiger partial charge in [0.15, 0.2) is 5.76 Å². The highest BCUT2D eigenvalue weighted by Crippen LogP contribution is 2.28. The predicted octanol–water partition coefficient (Wildman–Crippen LogP) is 2.68. The first-order chi connectivity index (χ1) is 8.50. The molecule has 1 heterocycles. The highest BCUT2D eigenvalue weighted by atomic mass is 16.4. The zero-order valence-corrected chi connectivity index (χ0v) is 10.2.